The maximum atomic E-state index is 11.8. The van der Waals surface area contributed by atoms with Crippen molar-refractivity contribution in [2.45, 2.75) is 0 Å². The molecule has 23 heavy (non-hydrogen) atoms. The first-order chi connectivity index (χ1) is 11.1. The number of nitro benzene ring substituents is 1. The lowest BCUT2D eigenvalue weighted by Crippen LogP contribution is -1.96. The molecule has 0 aliphatic carbocycles. The van der Waals surface area contributed by atoms with Crippen molar-refractivity contribution in [2.24, 2.45) is 10.2 Å². The van der Waals surface area contributed by atoms with Crippen molar-refractivity contribution in [1.29, 1.82) is 0 Å². The van der Waals surface area contributed by atoms with Gasteiger partial charge in [-0.2, -0.15) is 0 Å². The van der Waals surface area contributed by atoms with Gasteiger partial charge in [0.25, 0.3) is 11.2 Å². The third kappa shape index (κ3) is 3.02. The van der Waals surface area contributed by atoms with E-state index in [1.807, 2.05) is 0 Å². The van der Waals surface area contributed by atoms with Gasteiger partial charge in [-0.3, -0.25) is 25.1 Å². The third-order valence-corrected chi connectivity index (χ3v) is 3.02. The molecule has 0 atom stereocenters. The first kappa shape index (κ1) is 14.3. The summed E-state index contributed by atoms with van der Waals surface area (Å²) in [4.78, 5) is 26.0. The molecule has 0 fully saturated rings. The molecule has 0 spiro atoms. The van der Waals surface area contributed by atoms with E-state index in [1.165, 1.54) is 24.3 Å². The highest BCUT2D eigenvalue weighted by Gasteiger charge is 2.13. The van der Waals surface area contributed by atoms with Gasteiger partial charge in [-0.25, -0.2) is 4.98 Å². The molecule has 0 bridgehead atoms. The molecular weight excluding hydrogens is 300 g/mol. The number of nitrogens with one attached hydrogen (secondary N) is 2. The van der Waals surface area contributed by atoms with Gasteiger partial charge >= 0.3 is 0 Å². The second-order valence-corrected chi connectivity index (χ2v) is 4.49. The molecule has 1 aromatic carbocycles. The molecule has 0 amide bonds. The lowest BCUT2D eigenvalue weighted by atomic mass is 10.1. The van der Waals surface area contributed by atoms with Crippen molar-refractivity contribution in [3.8, 4) is 11.3 Å². The number of H-pyrrole nitrogens is 2. The topological polar surface area (TPSA) is 129 Å². The largest absolute Gasteiger partial charge is 0.295 e. The van der Waals surface area contributed by atoms with Gasteiger partial charge in [0.2, 0.25) is 0 Å². The number of azo groups is 1. The Bertz CT molecular complexity index is 912. The van der Waals surface area contributed by atoms with E-state index < -0.39 is 10.5 Å². The Morgan fingerprint density at radius 3 is 2.48 bits per heavy atom. The van der Waals surface area contributed by atoms with Crippen molar-refractivity contribution in [3.05, 3.63) is 69.1 Å². The van der Waals surface area contributed by atoms with Crippen molar-refractivity contribution >= 4 is 17.2 Å². The van der Waals surface area contributed by atoms with Crippen LogP contribution in [0.5, 0.6) is 0 Å². The van der Waals surface area contributed by atoms with E-state index in [2.05, 4.69) is 25.4 Å². The highest BCUT2D eigenvalue weighted by Crippen LogP contribution is 2.27. The van der Waals surface area contributed by atoms with Crippen molar-refractivity contribution < 1.29 is 4.92 Å². The van der Waals surface area contributed by atoms with Crippen LogP contribution in [0.25, 0.3) is 11.3 Å². The second-order valence-electron chi connectivity index (χ2n) is 4.49. The van der Waals surface area contributed by atoms with Crippen molar-refractivity contribution in [3.63, 3.8) is 0 Å². The number of pyridine rings is 1. The van der Waals surface area contributed by atoms with Gasteiger partial charge in [0.1, 0.15) is 0 Å². The normalized spacial score (nSPS) is 11.0. The summed E-state index contributed by atoms with van der Waals surface area (Å²) in [6.07, 6.45) is 1.56. The van der Waals surface area contributed by atoms with Crippen LogP contribution in [0.15, 0.2) is 63.7 Å². The smallest absolute Gasteiger partial charge is 0.292 e. The summed E-state index contributed by atoms with van der Waals surface area (Å²) in [5.41, 5.74) is 0.555. The average molecular weight is 310 g/mol. The van der Waals surface area contributed by atoms with E-state index in [9.17, 15) is 14.9 Å². The molecule has 0 aliphatic rings. The van der Waals surface area contributed by atoms with Crippen molar-refractivity contribution in [1.82, 2.24) is 15.2 Å². The van der Waals surface area contributed by atoms with E-state index in [0.717, 1.165) is 0 Å². The zero-order valence-corrected chi connectivity index (χ0v) is 11.6. The average Bonchev–Trinajstić information content (AvgIpc) is 2.95. The minimum Gasteiger partial charge on any atom is -0.295 e. The second kappa shape index (κ2) is 6.02. The maximum absolute atomic E-state index is 11.8. The molecule has 2 heterocycles. The summed E-state index contributed by atoms with van der Waals surface area (Å²) < 4.78 is 0. The standard InChI is InChI=1S/C14H10N6O3/c21-14-13(18-16-11-3-1-2-8-15-11)12(17-19-14)9-4-6-10(7-5-9)20(22)23/h1-8H,(H2,17,19,21). The molecular formula is C14H10N6O3. The summed E-state index contributed by atoms with van der Waals surface area (Å²) in [5.74, 6) is 0.364. The highest BCUT2D eigenvalue weighted by atomic mass is 16.6. The first-order valence-electron chi connectivity index (χ1n) is 6.53. The van der Waals surface area contributed by atoms with Gasteiger partial charge in [-0.1, -0.05) is 6.07 Å². The molecule has 9 nitrogen and oxygen atoms in total. The Hall–Kier alpha value is -3.62. The summed E-state index contributed by atoms with van der Waals surface area (Å²) in [6.45, 7) is 0. The summed E-state index contributed by atoms with van der Waals surface area (Å²) >= 11 is 0. The van der Waals surface area contributed by atoms with Gasteiger partial charge < -0.3 is 0 Å². The fraction of sp³-hybridized carbons (Fsp3) is 0. The Balaban J connectivity index is 1.97. The number of nitro groups is 1. The van der Waals surface area contributed by atoms with Crippen LogP contribution in [0.1, 0.15) is 0 Å². The fourth-order valence-corrected chi connectivity index (χ4v) is 1.92. The molecule has 3 aromatic rings. The molecule has 0 saturated carbocycles. The number of rotatable bonds is 4. The Morgan fingerprint density at radius 2 is 1.83 bits per heavy atom. The van der Waals surface area contributed by atoms with Crippen LogP contribution in [-0.4, -0.2) is 20.1 Å². The lowest BCUT2D eigenvalue weighted by molar-refractivity contribution is -0.384. The molecule has 0 aliphatic heterocycles. The molecule has 114 valence electrons. The van der Waals surface area contributed by atoms with Crippen LogP contribution < -0.4 is 5.56 Å². The number of nitrogens with zero attached hydrogens (tertiary/aromatic N) is 4. The first-order valence-corrected chi connectivity index (χ1v) is 6.53. The van der Waals surface area contributed by atoms with E-state index in [1.54, 1.807) is 24.4 Å². The SMILES string of the molecule is O=c1[nH][nH]c(-c2ccc([N+](=O)[O-])cc2)c1N=Nc1ccccn1. The minimum absolute atomic E-state index is 0.0386. The molecule has 0 radical (unpaired) electrons. The third-order valence-electron chi connectivity index (χ3n) is 3.02. The Kier molecular flexibility index (Phi) is 3.75. The molecule has 2 N–H and O–H groups in total. The number of aromatic nitrogens is 3. The van der Waals surface area contributed by atoms with Gasteiger partial charge in [0, 0.05) is 23.9 Å². The van der Waals surface area contributed by atoms with Gasteiger partial charge in [0.05, 0.1) is 10.6 Å². The lowest BCUT2D eigenvalue weighted by Gasteiger charge is -1.98. The molecule has 0 saturated heterocycles. The summed E-state index contributed by atoms with van der Waals surface area (Å²) in [6, 6.07) is 10.9. The summed E-state index contributed by atoms with van der Waals surface area (Å²) in [7, 11) is 0. The monoisotopic (exact) mass is 310 g/mol. The van der Waals surface area contributed by atoms with Gasteiger partial charge in [0.15, 0.2) is 11.5 Å². The van der Waals surface area contributed by atoms with Gasteiger partial charge in [-0.15, -0.1) is 10.2 Å². The van der Waals surface area contributed by atoms with Crippen LogP contribution in [0.2, 0.25) is 0 Å². The van der Waals surface area contributed by atoms with Gasteiger partial charge in [-0.05, 0) is 24.3 Å². The quantitative estimate of drug-likeness (QED) is 0.435. The number of hydrogen-bond acceptors (Lipinski definition) is 6. The Labute approximate surface area is 128 Å². The predicted molar refractivity (Wildman–Crippen MR) is 81.9 cm³/mol. The van der Waals surface area contributed by atoms with Crippen LogP contribution in [0, 0.1) is 10.1 Å². The van der Waals surface area contributed by atoms with Crippen LogP contribution in [0.4, 0.5) is 17.2 Å². The maximum Gasteiger partial charge on any atom is 0.292 e. The predicted octanol–water partition coefficient (Wildman–Crippen LogP) is 3.09. The zero-order chi connectivity index (χ0) is 16.2. The molecule has 3 rings (SSSR count). The number of benzene rings is 1. The highest BCUT2D eigenvalue weighted by molar-refractivity contribution is 5.71. The molecule has 9 heteroatoms. The molecule has 0 unspecified atom stereocenters. The van der Waals surface area contributed by atoms with Crippen LogP contribution in [-0.2, 0) is 0 Å². The number of aromatic amines is 2. The van der Waals surface area contributed by atoms with E-state index >= 15 is 0 Å². The van der Waals surface area contributed by atoms with E-state index in [0.29, 0.717) is 17.1 Å². The fourth-order valence-electron chi connectivity index (χ4n) is 1.92. The summed E-state index contributed by atoms with van der Waals surface area (Å²) in [5, 5.41) is 23.6. The molecule has 2 aromatic heterocycles. The minimum atomic E-state index is -0.495. The number of hydrogen-bond donors (Lipinski definition) is 2. The number of non-ortho nitro benzene ring substituents is 1. The van der Waals surface area contributed by atoms with E-state index in [-0.39, 0.29) is 11.4 Å². The van der Waals surface area contributed by atoms with Crippen LogP contribution in [0.3, 0.4) is 0 Å². The zero-order valence-electron chi connectivity index (χ0n) is 11.6. The van der Waals surface area contributed by atoms with Crippen molar-refractivity contribution in [2.75, 3.05) is 0 Å². The van der Waals surface area contributed by atoms with Crippen LogP contribution >= 0.6 is 0 Å². The Morgan fingerprint density at radius 1 is 1.04 bits per heavy atom. The van der Waals surface area contributed by atoms with E-state index in [4.69, 9.17) is 0 Å².